The number of nitrogens with one attached hydrogen (secondary N) is 2. The summed E-state index contributed by atoms with van der Waals surface area (Å²) in [5.74, 6) is 0.0712. The Balaban J connectivity index is 1.43. The number of aromatic amines is 1. The highest BCUT2D eigenvalue weighted by Crippen LogP contribution is 2.48. The van der Waals surface area contributed by atoms with Crippen LogP contribution in [0, 0.1) is 11.7 Å². The van der Waals surface area contributed by atoms with Crippen molar-refractivity contribution in [2.75, 3.05) is 12.4 Å². The van der Waals surface area contributed by atoms with Crippen LogP contribution in [0.1, 0.15) is 17.9 Å². The Bertz CT molecular complexity index is 1290. The van der Waals surface area contributed by atoms with E-state index < -0.39 is 5.82 Å². The maximum absolute atomic E-state index is 15.1. The molecule has 5 rings (SSSR count). The summed E-state index contributed by atoms with van der Waals surface area (Å²) in [5, 5.41) is 17.5. The number of halogens is 2. The van der Waals surface area contributed by atoms with Crippen molar-refractivity contribution in [3.05, 3.63) is 77.1 Å². The van der Waals surface area contributed by atoms with Gasteiger partial charge in [-0.05, 0) is 70.6 Å². The van der Waals surface area contributed by atoms with E-state index in [1.165, 1.54) is 12.1 Å². The van der Waals surface area contributed by atoms with Crippen molar-refractivity contribution in [3.8, 4) is 28.3 Å². The minimum Gasteiger partial charge on any atom is -0.497 e. The Morgan fingerprint density at radius 1 is 1.12 bits per heavy atom. The van der Waals surface area contributed by atoms with Gasteiger partial charge in [0, 0.05) is 16.5 Å². The molecule has 3 aromatic carbocycles. The monoisotopic (exact) mass is 463 g/mol. The average molecular weight is 464 g/mol. The summed E-state index contributed by atoms with van der Waals surface area (Å²) >= 11 is 5.95. The Kier molecular flexibility index (Phi) is 5.51. The first kappa shape index (κ1) is 21.1. The molecule has 4 aromatic rings. The number of ether oxygens (including phenoxy) is 1. The molecule has 9 heteroatoms. The summed E-state index contributed by atoms with van der Waals surface area (Å²) in [6.07, 6.45) is 0.705. The molecule has 0 aliphatic heterocycles. The summed E-state index contributed by atoms with van der Waals surface area (Å²) in [6.45, 7) is 0. The zero-order chi connectivity index (χ0) is 22.9. The normalized spacial score (nSPS) is 16.9. The molecular formula is C24H19ClFN5O2. The number of amides is 1. The maximum atomic E-state index is 15.1. The van der Waals surface area contributed by atoms with Crippen LogP contribution in [0.2, 0.25) is 5.02 Å². The lowest BCUT2D eigenvalue weighted by atomic mass is 9.98. The molecule has 1 heterocycles. The first-order valence-electron chi connectivity index (χ1n) is 10.3. The highest BCUT2D eigenvalue weighted by molar-refractivity contribution is 6.30. The Labute approximate surface area is 193 Å². The van der Waals surface area contributed by atoms with Crippen LogP contribution < -0.4 is 10.1 Å². The van der Waals surface area contributed by atoms with Crippen molar-refractivity contribution in [2.45, 2.75) is 12.3 Å². The number of tetrazole rings is 1. The van der Waals surface area contributed by atoms with Crippen LogP contribution >= 0.6 is 11.6 Å². The molecule has 33 heavy (non-hydrogen) atoms. The van der Waals surface area contributed by atoms with Gasteiger partial charge in [0.05, 0.1) is 12.8 Å². The second-order valence-corrected chi connectivity index (χ2v) is 8.27. The van der Waals surface area contributed by atoms with Gasteiger partial charge in [-0.15, -0.1) is 10.2 Å². The fourth-order valence-corrected chi connectivity index (χ4v) is 4.05. The third-order valence-corrected chi connectivity index (χ3v) is 6.03. The van der Waals surface area contributed by atoms with E-state index >= 15 is 4.39 Å². The van der Waals surface area contributed by atoms with Gasteiger partial charge in [-0.2, -0.15) is 5.21 Å². The number of hydrogen-bond acceptors (Lipinski definition) is 5. The van der Waals surface area contributed by atoms with E-state index in [0.717, 1.165) is 11.1 Å². The van der Waals surface area contributed by atoms with Crippen LogP contribution in [-0.2, 0) is 4.79 Å². The van der Waals surface area contributed by atoms with Crippen molar-refractivity contribution >= 4 is 23.2 Å². The molecule has 2 atom stereocenters. The predicted molar refractivity (Wildman–Crippen MR) is 122 cm³/mol. The number of hydrogen-bond donors (Lipinski definition) is 2. The molecule has 1 aliphatic rings. The van der Waals surface area contributed by atoms with Crippen molar-refractivity contribution in [1.82, 2.24) is 20.6 Å². The largest absolute Gasteiger partial charge is 0.497 e. The first-order chi connectivity index (χ1) is 16.0. The van der Waals surface area contributed by atoms with Crippen LogP contribution in [0.3, 0.4) is 0 Å². The van der Waals surface area contributed by atoms with Gasteiger partial charge in [-0.3, -0.25) is 4.79 Å². The Hall–Kier alpha value is -3.78. The second-order valence-electron chi connectivity index (χ2n) is 7.83. The first-order valence-corrected chi connectivity index (χ1v) is 10.7. The molecule has 0 spiro atoms. The lowest BCUT2D eigenvalue weighted by Gasteiger charge is -2.13. The van der Waals surface area contributed by atoms with E-state index in [2.05, 4.69) is 25.9 Å². The average Bonchev–Trinajstić information content (AvgIpc) is 3.45. The molecule has 1 amide bonds. The molecule has 7 nitrogen and oxygen atoms in total. The van der Waals surface area contributed by atoms with E-state index in [1.54, 1.807) is 31.4 Å². The van der Waals surface area contributed by atoms with Gasteiger partial charge in [0.25, 0.3) is 0 Å². The van der Waals surface area contributed by atoms with Crippen molar-refractivity contribution in [2.24, 2.45) is 5.92 Å². The molecule has 1 aliphatic carbocycles. The van der Waals surface area contributed by atoms with E-state index in [9.17, 15) is 4.79 Å². The molecule has 166 valence electrons. The lowest BCUT2D eigenvalue weighted by molar-refractivity contribution is -0.117. The highest BCUT2D eigenvalue weighted by Gasteiger charge is 2.44. The molecule has 0 radical (unpaired) electrons. The molecule has 0 saturated heterocycles. The lowest BCUT2D eigenvalue weighted by Crippen LogP contribution is -2.16. The van der Waals surface area contributed by atoms with E-state index in [1.807, 2.05) is 24.3 Å². The summed E-state index contributed by atoms with van der Waals surface area (Å²) in [6, 6.07) is 17.5. The number of carbonyl (C=O) groups is 1. The number of nitrogens with zero attached hydrogens (tertiary/aromatic N) is 3. The van der Waals surface area contributed by atoms with Gasteiger partial charge in [0.15, 0.2) is 0 Å². The number of benzene rings is 3. The fraction of sp³-hybridized carbons (Fsp3) is 0.167. The van der Waals surface area contributed by atoms with E-state index in [-0.39, 0.29) is 23.4 Å². The van der Waals surface area contributed by atoms with Crippen LogP contribution in [0.15, 0.2) is 60.7 Å². The van der Waals surface area contributed by atoms with Gasteiger partial charge in [0.2, 0.25) is 11.7 Å². The van der Waals surface area contributed by atoms with Gasteiger partial charge in [-0.25, -0.2) is 4.39 Å². The number of aromatic nitrogens is 4. The number of anilines is 1. The Morgan fingerprint density at radius 3 is 2.55 bits per heavy atom. The molecule has 0 bridgehead atoms. The molecule has 2 N–H and O–H groups in total. The van der Waals surface area contributed by atoms with Gasteiger partial charge in [-0.1, -0.05) is 35.9 Å². The highest BCUT2D eigenvalue weighted by atomic mass is 35.5. The van der Waals surface area contributed by atoms with Gasteiger partial charge < -0.3 is 10.1 Å². The van der Waals surface area contributed by atoms with E-state index in [4.69, 9.17) is 16.3 Å². The smallest absolute Gasteiger partial charge is 0.228 e. The predicted octanol–water partition coefficient (Wildman–Crippen LogP) is 5.08. The summed E-state index contributed by atoms with van der Waals surface area (Å²) < 4.78 is 20.3. The second kappa shape index (κ2) is 8.63. The standard InChI is InChI=1S/C24H19ClFN5O2/c1-33-16-8-4-14(5-9-16)18-11-21(26)22(12-19(18)23-28-30-31-29-23)27-24(32)20-10-17(20)13-2-6-15(25)7-3-13/h2-9,11-12,17,20H,10H2,1H3,(H,27,32)(H,28,29,30,31). The zero-order valence-corrected chi connectivity index (χ0v) is 18.3. The molecule has 1 aromatic heterocycles. The summed E-state index contributed by atoms with van der Waals surface area (Å²) in [7, 11) is 1.58. The number of methoxy groups -OCH3 is 1. The van der Waals surface area contributed by atoms with Gasteiger partial charge in [0.1, 0.15) is 11.6 Å². The van der Waals surface area contributed by atoms with Crippen LogP contribution in [-0.4, -0.2) is 33.6 Å². The molecule has 1 fully saturated rings. The van der Waals surface area contributed by atoms with E-state index in [0.29, 0.717) is 34.1 Å². The number of carbonyl (C=O) groups excluding carboxylic acids is 1. The Morgan fingerprint density at radius 2 is 1.88 bits per heavy atom. The molecular weight excluding hydrogens is 445 g/mol. The van der Waals surface area contributed by atoms with Crippen LogP contribution in [0.4, 0.5) is 10.1 Å². The summed E-state index contributed by atoms with van der Waals surface area (Å²) in [5.41, 5.74) is 2.97. The SMILES string of the molecule is COc1ccc(-c2cc(F)c(NC(=O)C3CC3c3ccc(Cl)cc3)cc2-c2nn[nH]n2)cc1. The maximum Gasteiger partial charge on any atom is 0.228 e. The minimum atomic E-state index is -0.551. The molecule has 1 saturated carbocycles. The zero-order valence-electron chi connectivity index (χ0n) is 17.5. The third kappa shape index (κ3) is 4.29. The quantitative estimate of drug-likeness (QED) is 0.416. The fourth-order valence-electron chi connectivity index (χ4n) is 3.93. The topological polar surface area (TPSA) is 92.8 Å². The van der Waals surface area contributed by atoms with Crippen molar-refractivity contribution in [1.29, 1.82) is 0 Å². The third-order valence-electron chi connectivity index (χ3n) is 5.78. The van der Waals surface area contributed by atoms with Gasteiger partial charge >= 0.3 is 0 Å². The van der Waals surface area contributed by atoms with Crippen LogP contribution in [0.25, 0.3) is 22.5 Å². The summed E-state index contributed by atoms with van der Waals surface area (Å²) in [4.78, 5) is 12.8. The van der Waals surface area contributed by atoms with Crippen LogP contribution in [0.5, 0.6) is 5.75 Å². The minimum absolute atomic E-state index is 0.0683. The van der Waals surface area contributed by atoms with Crippen molar-refractivity contribution in [3.63, 3.8) is 0 Å². The number of rotatable bonds is 6. The molecule has 2 unspecified atom stereocenters. The number of H-pyrrole nitrogens is 1. The van der Waals surface area contributed by atoms with Crippen molar-refractivity contribution < 1.29 is 13.9 Å².